The summed E-state index contributed by atoms with van der Waals surface area (Å²) in [5.41, 5.74) is 1.95. The van der Waals surface area contributed by atoms with Crippen LogP contribution in [0.1, 0.15) is 11.3 Å². The number of hydrogen-bond donors (Lipinski definition) is 1. The lowest BCUT2D eigenvalue weighted by Crippen LogP contribution is -2.01. The molecule has 1 heterocycles. The van der Waals surface area contributed by atoms with E-state index in [1.165, 1.54) is 6.07 Å². The van der Waals surface area contributed by atoms with Gasteiger partial charge in [-0.1, -0.05) is 6.07 Å². The first-order valence-corrected chi connectivity index (χ1v) is 6.14. The van der Waals surface area contributed by atoms with Gasteiger partial charge in [-0.15, -0.1) is 0 Å². The number of nitrogens with one attached hydrogen (secondary N) is 1. The number of nitrogens with zero attached hydrogens (tertiary/aromatic N) is 2. The van der Waals surface area contributed by atoms with Gasteiger partial charge in [-0.05, 0) is 39.7 Å². The smallest absolute Gasteiger partial charge is 0.147 e. The van der Waals surface area contributed by atoms with Crippen LogP contribution in [0.5, 0.6) is 0 Å². The molecular weight excluding hydrogens is 297 g/mol. The Morgan fingerprint density at radius 3 is 2.89 bits per heavy atom. The summed E-state index contributed by atoms with van der Waals surface area (Å²) in [6.07, 6.45) is 1.85. The van der Waals surface area contributed by atoms with E-state index < -0.39 is 0 Å². The number of anilines is 1. The van der Waals surface area contributed by atoms with Crippen LogP contribution in [0.25, 0.3) is 0 Å². The Hall–Kier alpha value is -1.80. The van der Waals surface area contributed by atoms with Crippen LogP contribution >= 0.6 is 15.9 Å². The fourth-order valence-electron chi connectivity index (χ4n) is 1.70. The van der Waals surface area contributed by atoms with Crippen LogP contribution in [0.15, 0.2) is 34.9 Å². The third-order valence-corrected chi connectivity index (χ3v) is 3.27. The van der Waals surface area contributed by atoms with Crippen LogP contribution in [0.3, 0.4) is 0 Å². The summed E-state index contributed by atoms with van der Waals surface area (Å²) >= 11 is 3.29. The molecule has 92 valence electrons. The first kappa shape index (κ1) is 12.7. The van der Waals surface area contributed by atoms with Gasteiger partial charge in [-0.3, -0.25) is 0 Å². The van der Waals surface area contributed by atoms with Gasteiger partial charge in [0.05, 0.1) is 5.69 Å². The second kappa shape index (κ2) is 5.23. The SMILES string of the molecule is Cn1cc(CNc2c(F)cccc2Br)cc1C#N. The van der Waals surface area contributed by atoms with Crippen molar-refractivity contribution in [2.24, 2.45) is 7.05 Å². The molecule has 18 heavy (non-hydrogen) atoms. The summed E-state index contributed by atoms with van der Waals surface area (Å²) in [7, 11) is 1.81. The van der Waals surface area contributed by atoms with Gasteiger partial charge in [0.2, 0.25) is 0 Å². The normalized spacial score (nSPS) is 10.1. The third-order valence-electron chi connectivity index (χ3n) is 2.61. The van der Waals surface area contributed by atoms with Crippen molar-refractivity contribution < 1.29 is 4.39 Å². The number of rotatable bonds is 3. The highest BCUT2D eigenvalue weighted by atomic mass is 79.9. The van der Waals surface area contributed by atoms with Crippen molar-refractivity contribution in [1.82, 2.24) is 4.57 Å². The standard InChI is InChI=1S/C13H11BrFN3/c1-18-8-9(5-10(18)6-16)7-17-13-11(14)3-2-4-12(13)15/h2-5,8,17H,7H2,1H3. The summed E-state index contributed by atoms with van der Waals surface area (Å²) < 4.78 is 16.0. The highest BCUT2D eigenvalue weighted by Gasteiger charge is 2.07. The summed E-state index contributed by atoms with van der Waals surface area (Å²) in [5.74, 6) is -0.305. The quantitative estimate of drug-likeness (QED) is 0.944. The predicted octanol–water partition coefficient (Wildman–Crippen LogP) is 3.41. The second-order valence-corrected chi connectivity index (χ2v) is 4.76. The van der Waals surface area contributed by atoms with E-state index in [9.17, 15) is 4.39 Å². The first-order chi connectivity index (χ1) is 8.61. The average molecular weight is 308 g/mol. The van der Waals surface area contributed by atoms with Gasteiger partial charge < -0.3 is 9.88 Å². The molecule has 0 unspecified atom stereocenters. The topological polar surface area (TPSA) is 40.8 Å². The Morgan fingerprint density at radius 2 is 2.28 bits per heavy atom. The third kappa shape index (κ3) is 2.54. The Labute approximate surface area is 113 Å². The van der Waals surface area contributed by atoms with Crippen LogP contribution in [-0.4, -0.2) is 4.57 Å². The molecule has 0 fully saturated rings. The van der Waals surface area contributed by atoms with Crippen molar-refractivity contribution in [2.75, 3.05) is 5.32 Å². The molecular formula is C13H11BrFN3. The number of aryl methyl sites for hydroxylation is 1. The van der Waals surface area contributed by atoms with E-state index in [0.29, 0.717) is 22.4 Å². The van der Waals surface area contributed by atoms with E-state index in [0.717, 1.165) is 5.56 Å². The monoisotopic (exact) mass is 307 g/mol. The van der Waals surface area contributed by atoms with Crippen LogP contribution in [0.4, 0.5) is 10.1 Å². The van der Waals surface area contributed by atoms with E-state index in [2.05, 4.69) is 27.3 Å². The first-order valence-electron chi connectivity index (χ1n) is 5.35. The van der Waals surface area contributed by atoms with E-state index in [1.807, 2.05) is 6.20 Å². The molecule has 2 aromatic rings. The molecule has 1 aromatic heterocycles. The lowest BCUT2D eigenvalue weighted by atomic mass is 10.2. The Morgan fingerprint density at radius 1 is 1.50 bits per heavy atom. The lowest BCUT2D eigenvalue weighted by molar-refractivity contribution is 0.629. The summed E-state index contributed by atoms with van der Waals surface area (Å²) in [6, 6.07) is 8.68. The largest absolute Gasteiger partial charge is 0.378 e. The molecule has 0 atom stereocenters. The molecule has 0 bridgehead atoms. The van der Waals surface area contributed by atoms with Crippen molar-refractivity contribution in [3.05, 3.63) is 52.0 Å². The van der Waals surface area contributed by atoms with E-state index in [4.69, 9.17) is 5.26 Å². The number of aromatic nitrogens is 1. The average Bonchev–Trinajstić information content (AvgIpc) is 2.69. The van der Waals surface area contributed by atoms with Gasteiger partial charge in [0, 0.05) is 24.3 Å². The summed E-state index contributed by atoms with van der Waals surface area (Å²) in [6.45, 7) is 0.467. The zero-order valence-corrected chi connectivity index (χ0v) is 11.3. The Kier molecular flexibility index (Phi) is 3.68. The van der Waals surface area contributed by atoms with E-state index >= 15 is 0 Å². The van der Waals surface area contributed by atoms with Gasteiger partial charge >= 0.3 is 0 Å². The van der Waals surface area contributed by atoms with Crippen LogP contribution in [0.2, 0.25) is 0 Å². The molecule has 0 radical (unpaired) electrons. The molecule has 0 saturated carbocycles. The molecule has 0 aliphatic rings. The number of para-hydroxylation sites is 1. The van der Waals surface area contributed by atoms with E-state index in [-0.39, 0.29) is 5.82 Å². The molecule has 0 amide bonds. The highest BCUT2D eigenvalue weighted by Crippen LogP contribution is 2.25. The van der Waals surface area contributed by atoms with Crippen LogP contribution in [-0.2, 0) is 13.6 Å². The minimum absolute atomic E-state index is 0.305. The zero-order chi connectivity index (χ0) is 13.1. The number of hydrogen-bond acceptors (Lipinski definition) is 2. The molecule has 2 rings (SSSR count). The fourth-order valence-corrected chi connectivity index (χ4v) is 2.18. The van der Waals surface area contributed by atoms with E-state index in [1.54, 1.807) is 29.8 Å². The maximum atomic E-state index is 13.6. The fraction of sp³-hybridized carbons (Fsp3) is 0.154. The molecule has 0 saturated heterocycles. The van der Waals surface area contributed by atoms with Crippen molar-refractivity contribution in [1.29, 1.82) is 5.26 Å². The second-order valence-electron chi connectivity index (χ2n) is 3.91. The summed E-state index contributed by atoms with van der Waals surface area (Å²) in [5, 5.41) is 11.9. The maximum Gasteiger partial charge on any atom is 0.147 e. The number of benzene rings is 1. The van der Waals surface area contributed by atoms with Crippen LogP contribution < -0.4 is 5.32 Å². The Balaban J connectivity index is 2.14. The van der Waals surface area contributed by atoms with Crippen molar-refractivity contribution in [2.45, 2.75) is 6.54 Å². The molecule has 1 N–H and O–H groups in total. The summed E-state index contributed by atoms with van der Waals surface area (Å²) in [4.78, 5) is 0. The van der Waals surface area contributed by atoms with Gasteiger partial charge in [0.1, 0.15) is 17.6 Å². The molecule has 5 heteroatoms. The predicted molar refractivity (Wildman–Crippen MR) is 71.6 cm³/mol. The number of nitriles is 1. The van der Waals surface area contributed by atoms with Gasteiger partial charge in [-0.25, -0.2) is 4.39 Å². The van der Waals surface area contributed by atoms with Crippen LogP contribution in [0, 0.1) is 17.1 Å². The van der Waals surface area contributed by atoms with Gasteiger partial charge in [0.15, 0.2) is 0 Å². The van der Waals surface area contributed by atoms with Gasteiger partial charge in [0.25, 0.3) is 0 Å². The van der Waals surface area contributed by atoms with Crippen molar-refractivity contribution >= 4 is 21.6 Å². The minimum Gasteiger partial charge on any atom is -0.378 e. The highest BCUT2D eigenvalue weighted by molar-refractivity contribution is 9.10. The maximum absolute atomic E-state index is 13.6. The zero-order valence-electron chi connectivity index (χ0n) is 9.74. The molecule has 3 nitrogen and oxygen atoms in total. The molecule has 0 aliphatic heterocycles. The van der Waals surface area contributed by atoms with Crippen molar-refractivity contribution in [3.8, 4) is 6.07 Å². The lowest BCUT2D eigenvalue weighted by Gasteiger charge is -2.08. The molecule has 1 aromatic carbocycles. The Bertz CT molecular complexity index is 593. The van der Waals surface area contributed by atoms with Crippen molar-refractivity contribution in [3.63, 3.8) is 0 Å². The molecule has 0 spiro atoms. The molecule has 0 aliphatic carbocycles. The minimum atomic E-state index is -0.305. The van der Waals surface area contributed by atoms with Gasteiger partial charge in [-0.2, -0.15) is 5.26 Å². The number of halogens is 2.